The van der Waals surface area contributed by atoms with Crippen LogP contribution in [0.15, 0.2) is 53.1 Å². The van der Waals surface area contributed by atoms with Gasteiger partial charge in [-0.25, -0.2) is 4.79 Å². The first-order valence-electron chi connectivity index (χ1n) is 9.43. The van der Waals surface area contributed by atoms with Crippen molar-refractivity contribution in [3.05, 3.63) is 60.1 Å². The third kappa shape index (κ3) is 5.12. The van der Waals surface area contributed by atoms with Gasteiger partial charge in [-0.1, -0.05) is 30.3 Å². The fourth-order valence-electron chi connectivity index (χ4n) is 3.49. The van der Waals surface area contributed by atoms with Crippen LogP contribution >= 0.6 is 0 Å². The number of hydrogen-bond acceptors (Lipinski definition) is 3. The van der Waals surface area contributed by atoms with E-state index in [0.717, 1.165) is 12.0 Å². The summed E-state index contributed by atoms with van der Waals surface area (Å²) in [4.78, 5) is 27.1. The number of benzene rings is 1. The number of urea groups is 1. The topological polar surface area (TPSA) is 74.6 Å². The van der Waals surface area contributed by atoms with Crippen LogP contribution in [0, 0.1) is 5.92 Å². The van der Waals surface area contributed by atoms with Crippen LogP contribution in [0.25, 0.3) is 0 Å². The van der Waals surface area contributed by atoms with Crippen LogP contribution in [-0.4, -0.2) is 36.0 Å². The quantitative estimate of drug-likeness (QED) is 0.850. The fraction of sp³-hybridized carbons (Fsp3) is 0.429. The Morgan fingerprint density at radius 1 is 1.15 bits per heavy atom. The third-order valence-electron chi connectivity index (χ3n) is 4.81. The number of rotatable bonds is 5. The van der Waals surface area contributed by atoms with Crippen LogP contribution in [0.1, 0.15) is 37.5 Å². The molecule has 0 bridgehead atoms. The van der Waals surface area contributed by atoms with Crippen molar-refractivity contribution in [2.75, 3.05) is 13.1 Å². The molecule has 1 aliphatic rings. The van der Waals surface area contributed by atoms with E-state index >= 15 is 0 Å². The third-order valence-corrected chi connectivity index (χ3v) is 4.81. The molecule has 2 atom stereocenters. The number of piperidine rings is 1. The molecule has 0 aliphatic carbocycles. The summed E-state index contributed by atoms with van der Waals surface area (Å²) < 4.78 is 5.28. The highest BCUT2D eigenvalue weighted by molar-refractivity contribution is 5.81. The lowest BCUT2D eigenvalue weighted by Gasteiger charge is -2.37. The maximum absolute atomic E-state index is 12.7. The maximum Gasteiger partial charge on any atom is 0.317 e. The second-order valence-electron chi connectivity index (χ2n) is 7.35. The smallest absolute Gasteiger partial charge is 0.317 e. The molecule has 1 fully saturated rings. The monoisotopic (exact) mass is 369 g/mol. The molecular formula is C21H27N3O3. The zero-order valence-electron chi connectivity index (χ0n) is 15.9. The van der Waals surface area contributed by atoms with Crippen molar-refractivity contribution in [2.24, 2.45) is 5.92 Å². The number of nitrogens with zero attached hydrogens (tertiary/aromatic N) is 1. The highest BCUT2D eigenvalue weighted by Gasteiger charge is 2.34. The number of furan rings is 1. The predicted molar refractivity (Wildman–Crippen MR) is 103 cm³/mol. The van der Waals surface area contributed by atoms with Crippen molar-refractivity contribution in [1.29, 1.82) is 0 Å². The number of likely N-dealkylation sites (tertiary alicyclic amines) is 1. The van der Waals surface area contributed by atoms with Crippen molar-refractivity contribution >= 4 is 11.9 Å². The van der Waals surface area contributed by atoms with E-state index in [9.17, 15) is 9.59 Å². The molecule has 2 heterocycles. The molecule has 0 unspecified atom stereocenters. The van der Waals surface area contributed by atoms with Crippen molar-refractivity contribution < 1.29 is 14.0 Å². The average Bonchev–Trinajstić information content (AvgIpc) is 3.19. The lowest BCUT2D eigenvalue weighted by Crippen LogP contribution is -2.52. The van der Waals surface area contributed by atoms with E-state index in [1.165, 1.54) is 0 Å². The first-order chi connectivity index (χ1) is 13.0. The Hall–Kier alpha value is -2.76. The first-order valence-corrected chi connectivity index (χ1v) is 9.43. The standard InChI is InChI=1S/C21H27N3O3/c1-15(2)23-21(26)24-13-17(16-7-4-3-5-8-16)11-18(14-24)20(25)22-12-19-9-6-10-27-19/h3-10,15,17-18H,11-14H2,1-2H3,(H,22,25)(H,23,26)/t17-,18+/m1/s1. The van der Waals surface area contributed by atoms with E-state index in [4.69, 9.17) is 4.42 Å². The Balaban J connectivity index is 1.71. The second kappa shape index (κ2) is 8.75. The minimum atomic E-state index is -0.253. The zero-order chi connectivity index (χ0) is 19.2. The van der Waals surface area contributed by atoms with Crippen LogP contribution in [0.2, 0.25) is 0 Å². The van der Waals surface area contributed by atoms with Gasteiger partial charge in [-0.05, 0) is 38.0 Å². The highest BCUT2D eigenvalue weighted by atomic mass is 16.3. The van der Waals surface area contributed by atoms with E-state index in [-0.39, 0.29) is 29.8 Å². The van der Waals surface area contributed by atoms with Gasteiger partial charge in [-0.2, -0.15) is 0 Å². The number of amides is 3. The molecule has 3 rings (SSSR count). The van der Waals surface area contributed by atoms with E-state index < -0.39 is 0 Å². The molecule has 1 aromatic heterocycles. The second-order valence-corrected chi connectivity index (χ2v) is 7.35. The molecule has 3 amide bonds. The molecule has 27 heavy (non-hydrogen) atoms. The number of hydrogen-bond donors (Lipinski definition) is 2. The summed E-state index contributed by atoms with van der Waals surface area (Å²) in [6, 6.07) is 13.7. The summed E-state index contributed by atoms with van der Waals surface area (Å²) in [6.07, 6.45) is 2.31. The minimum Gasteiger partial charge on any atom is -0.467 e. The Kier molecular flexibility index (Phi) is 6.16. The van der Waals surface area contributed by atoms with Crippen LogP contribution in [0.3, 0.4) is 0 Å². The summed E-state index contributed by atoms with van der Waals surface area (Å²) in [5.74, 6) is 0.552. The van der Waals surface area contributed by atoms with Gasteiger partial charge in [-0.15, -0.1) is 0 Å². The molecular weight excluding hydrogens is 342 g/mol. The molecule has 0 spiro atoms. The molecule has 2 N–H and O–H groups in total. The van der Waals surface area contributed by atoms with Crippen LogP contribution < -0.4 is 10.6 Å². The van der Waals surface area contributed by atoms with Crippen LogP contribution in [-0.2, 0) is 11.3 Å². The van der Waals surface area contributed by atoms with Gasteiger partial charge in [0.2, 0.25) is 5.91 Å². The first kappa shape index (κ1) is 19.0. The summed E-state index contributed by atoms with van der Waals surface area (Å²) in [5.41, 5.74) is 1.16. The van der Waals surface area contributed by atoms with Crippen molar-refractivity contribution in [1.82, 2.24) is 15.5 Å². The van der Waals surface area contributed by atoms with Gasteiger partial charge in [-0.3, -0.25) is 4.79 Å². The van der Waals surface area contributed by atoms with Crippen LogP contribution in [0.5, 0.6) is 0 Å². The van der Waals surface area contributed by atoms with Gasteiger partial charge in [0.25, 0.3) is 0 Å². The molecule has 2 aromatic rings. The Labute approximate surface area is 159 Å². The van der Waals surface area contributed by atoms with Gasteiger partial charge in [0.15, 0.2) is 0 Å². The van der Waals surface area contributed by atoms with Gasteiger partial charge in [0, 0.05) is 25.0 Å². The van der Waals surface area contributed by atoms with Gasteiger partial charge in [0.05, 0.1) is 18.7 Å². The Bertz CT molecular complexity index is 743. The average molecular weight is 369 g/mol. The van der Waals surface area contributed by atoms with E-state index in [0.29, 0.717) is 25.4 Å². The van der Waals surface area contributed by atoms with Crippen molar-refractivity contribution in [2.45, 2.75) is 38.8 Å². The van der Waals surface area contributed by atoms with E-state index in [1.54, 1.807) is 17.2 Å². The van der Waals surface area contributed by atoms with E-state index in [1.807, 2.05) is 38.1 Å². The predicted octanol–water partition coefficient (Wildman–Crippen LogP) is 3.12. The summed E-state index contributed by atoms with van der Waals surface area (Å²) >= 11 is 0. The number of carbonyl (C=O) groups excluding carboxylic acids is 2. The molecule has 6 heteroatoms. The highest BCUT2D eigenvalue weighted by Crippen LogP contribution is 2.30. The summed E-state index contributed by atoms with van der Waals surface area (Å²) in [7, 11) is 0. The number of carbonyl (C=O) groups is 2. The van der Waals surface area contributed by atoms with Gasteiger partial charge in [0.1, 0.15) is 5.76 Å². The van der Waals surface area contributed by atoms with Crippen LogP contribution in [0.4, 0.5) is 4.79 Å². The SMILES string of the molecule is CC(C)NC(=O)N1C[C@@H](C(=O)NCc2ccco2)C[C@@H](c2ccccc2)C1. The Morgan fingerprint density at radius 3 is 2.59 bits per heavy atom. The van der Waals surface area contributed by atoms with Gasteiger partial charge >= 0.3 is 6.03 Å². The van der Waals surface area contributed by atoms with Crippen molar-refractivity contribution in [3.8, 4) is 0 Å². The molecule has 1 aliphatic heterocycles. The molecule has 6 nitrogen and oxygen atoms in total. The van der Waals surface area contributed by atoms with E-state index in [2.05, 4.69) is 22.8 Å². The maximum atomic E-state index is 12.7. The lowest BCUT2D eigenvalue weighted by atomic mass is 9.84. The summed E-state index contributed by atoms with van der Waals surface area (Å²) in [6.45, 7) is 5.26. The van der Waals surface area contributed by atoms with Gasteiger partial charge < -0.3 is 20.0 Å². The minimum absolute atomic E-state index is 0.0469. The molecule has 1 aromatic carbocycles. The normalized spacial score (nSPS) is 19.7. The molecule has 1 saturated heterocycles. The molecule has 0 saturated carbocycles. The number of nitrogens with one attached hydrogen (secondary N) is 2. The largest absolute Gasteiger partial charge is 0.467 e. The lowest BCUT2D eigenvalue weighted by molar-refractivity contribution is -0.126. The zero-order valence-corrected chi connectivity index (χ0v) is 15.9. The fourth-order valence-corrected chi connectivity index (χ4v) is 3.49. The Morgan fingerprint density at radius 2 is 1.93 bits per heavy atom. The molecule has 144 valence electrons. The summed E-state index contributed by atoms with van der Waals surface area (Å²) in [5, 5.41) is 5.87. The molecule has 0 radical (unpaired) electrons. The van der Waals surface area contributed by atoms with Crippen molar-refractivity contribution in [3.63, 3.8) is 0 Å².